The quantitative estimate of drug-likeness (QED) is 0.450. The van der Waals surface area contributed by atoms with Crippen molar-refractivity contribution in [2.75, 3.05) is 20.3 Å². The maximum Gasteiger partial charge on any atom is 0.0916 e. The van der Waals surface area contributed by atoms with Crippen LogP contribution in [-0.4, -0.2) is 26.4 Å². The molecule has 0 spiro atoms. The zero-order valence-electron chi connectivity index (χ0n) is 6.96. The molecule has 0 saturated heterocycles. The molecule has 1 atom stereocenters. The Labute approximate surface area is 67.1 Å². The van der Waals surface area contributed by atoms with E-state index in [4.69, 9.17) is 14.8 Å². The Morgan fingerprint density at radius 1 is 1.55 bits per heavy atom. The van der Waals surface area contributed by atoms with E-state index >= 15 is 0 Å². The second-order valence-electron chi connectivity index (χ2n) is 2.22. The van der Waals surface area contributed by atoms with Crippen LogP contribution in [0, 0.1) is 11.3 Å². The Morgan fingerprint density at radius 3 is 2.82 bits per heavy atom. The van der Waals surface area contributed by atoms with Gasteiger partial charge in [-0.3, -0.25) is 4.84 Å². The second kappa shape index (κ2) is 7.48. The van der Waals surface area contributed by atoms with Crippen molar-refractivity contribution in [3.8, 4) is 6.07 Å². The highest BCUT2D eigenvalue weighted by atomic mass is 16.7. The van der Waals surface area contributed by atoms with Crippen LogP contribution in [0.15, 0.2) is 0 Å². The zero-order chi connectivity index (χ0) is 8.53. The molecular formula is C7H14N2O2. The molecule has 0 aromatic rings. The van der Waals surface area contributed by atoms with Crippen LogP contribution in [0.25, 0.3) is 0 Å². The standard InChI is InChI=1S/C7H14N2O2/c1-7(3-4-8)9-11-6-5-10-2/h7,9H,3,5-6H2,1-2H3. The summed E-state index contributed by atoms with van der Waals surface area (Å²) in [4.78, 5) is 4.96. The third-order valence-corrected chi connectivity index (χ3v) is 1.07. The van der Waals surface area contributed by atoms with E-state index in [0.29, 0.717) is 19.6 Å². The number of hydroxylamine groups is 1. The minimum absolute atomic E-state index is 0.0804. The maximum atomic E-state index is 8.27. The minimum atomic E-state index is 0.0804. The molecule has 0 aliphatic heterocycles. The first-order valence-corrected chi connectivity index (χ1v) is 3.54. The summed E-state index contributed by atoms with van der Waals surface area (Å²) in [6, 6.07) is 2.12. The van der Waals surface area contributed by atoms with Gasteiger partial charge in [0.05, 0.1) is 25.7 Å². The highest BCUT2D eigenvalue weighted by molar-refractivity contribution is 4.75. The molecule has 4 heteroatoms. The SMILES string of the molecule is COCCONC(C)CC#N. The predicted octanol–water partition coefficient (Wildman–Crippen LogP) is 0.456. The molecule has 0 radical (unpaired) electrons. The molecule has 0 heterocycles. The fraction of sp³-hybridized carbons (Fsp3) is 0.857. The normalized spacial score (nSPS) is 12.5. The van der Waals surface area contributed by atoms with E-state index in [1.54, 1.807) is 7.11 Å². The Bertz CT molecular complexity index is 122. The van der Waals surface area contributed by atoms with E-state index in [2.05, 4.69) is 5.48 Å². The van der Waals surface area contributed by atoms with Crippen LogP contribution in [0.4, 0.5) is 0 Å². The van der Waals surface area contributed by atoms with Crippen LogP contribution in [0.3, 0.4) is 0 Å². The summed E-state index contributed by atoms with van der Waals surface area (Å²) >= 11 is 0. The van der Waals surface area contributed by atoms with Crippen LogP contribution in [0.5, 0.6) is 0 Å². The van der Waals surface area contributed by atoms with E-state index < -0.39 is 0 Å². The number of hydrogen-bond acceptors (Lipinski definition) is 4. The fourth-order valence-corrected chi connectivity index (χ4v) is 0.505. The average molecular weight is 158 g/mol. The Kier molecular flexibility index (Phi) is 7.05. The lowest BCUT2D eigenvalue weighted by Crippen LogP contribution is -2.27. The van der Waals surface area contributed by atoms with Crippen molar-refractivity contribution >= 4 is 0 Å². The van der Waals surface area contributed by atoms with Gasteiger partial charge in [-0.25, -0.2) is 0 Å². The van der Waals surface area contributed by atoms with Gasteiger partial charge in [0.1, 0.15) is 0 Å². The van der Waals surface area contributed by atoms with Crippen molar-refractivity contribution in [3.63, 3.8) is 0 Å². The average Bonchev–Trinajstić information content (AvgIpc) is 1.99. The number of nitrogens with zero attached hydrogens (tertiary/aromatic N) is 1. The highest BCUT2D eigenvalue weighted by Crippen LogP contribution is 1.86. The molecule has 0 fully saturated rings. The molecule has 4 nitrogen and oxygen atoms in total. The molecule has 0 aliphatic carbocycles. The van der Waals surface area contributed by atoms with Crippen molar-refractivity contribution < 1.29 is 9.57 Å². The molecule has 0 amide bonds. The molecule has 1 unspecified atom stereocenters. The summed E-state index contributed by atoms with van der Waals surface area (Å²) in [5.41, 5.74) is 2.72. The van der Waals surface area contributed by atoms with Gasteiger partial charge in [0.15, 0.2) is 0 Å². The lowest BCUT2D eigenvalue weighted by Gasteiger charge is -2.09. The van der Waals surface area contributed by atoms with Crippen molar-refractivity contribution in [2.45, 2.75) is 19.4 Å². The zero-order valence-corrected chi connectivity index (χ0v) is 6.96. The molecule has 11 heavy (non-hydrogen) atoms. The van der Waals surface area contributed by atoms with Crippen LogP contribution >= 0.6 is 0 Å². The maximum absolute atomic E-state index is 8.27. The fourth-order valence-electron chi connectivity index (χ4n) is 0.505. The van der Waals surface area contributed by atoms with E-state index in [1.807, 2.05) is 13.0 Å². The Balaban J connectivity index is 3.05. The van der Waals surface area contributed by atoms with Crippen molar-refractivity contribution in [2.24, 2.45) is 0 Å². The third-order valence-electron chi connectivity index (χ3n) is 1.07. The van der Waals surface area contributed by atoms with Gasteiger partial charge in [0.25, 0.3) is 0 Å². The third kappa shape index (κ3) is 7.26. The smallest absolute Gasteiger partial charge is 0.0916 e. The van der Waals surface area contributed by atoms with Gasteiger partial charge in [0.2, 0.25) is 0 Å². The molecule has 0 aromatic carbocycles. The lowest BCUT2D eigenvalue weighted by atomic mass is 10.3. The van der Waals surface area contributed by atoms with Crippen LogP contribution in [0.2, 0.25) is 0 Å². The van der Waals surface area contributed by atoms with E-state index in [0.717, 1.165) is 0 Å². The summed E-state index contributed by atoms with van der Waals surface area (Å²) < 4.78 is 4.75. The molecule has 0 aromatic heterocycles. The molecular weight excluding hydrogens is 144 g/mol. The van der Waals surface area contributed by atoms with Crippen molar-refractivity contribution in [1.29, 1.82) is 5.26 Å². The van der Waals surface area contributed by atoms with Gasteiger partial charge in [-0.2, -0.15) is 10.7 Å². The first-order chi connectivity index (χ1) is 5.31. The van der Waals surface area contributed by atoms with Gasteiger partial charge in [-0.15, -0.1) is 0 Å². The van der Waals surface area contributed by atoms with Crippen LogP contribution in [0.1, 0.15) is 13.3 Å². The van der Waals surface area contributed by atoms with Gasteiger partial charge in [-0.05, 0) is 6.92 Å². The van der Waals surface area contributed by atoms with Crippen molar-refractivity contribution in [1.82, 2.24) is 5.48 Å². The molecule has 0 bridgehead atoms. The number of nitriles is 1. The Hall–Kier alpha value is -0.630. The highest BCUT2D eigenvalue weighted by Gasteiger charge is 1.98. The van der Waals surface area contributed by atoms with E-state index in [9.17, 15) is 0 Å². The number of hydrogen-bond donors (Lipinski definition) is 1. The molecule has 1 N–H and O–H groups in total. The number of methoxy groups -OCH3 is 1. The number of rotatable bonds is 6. The largest absolute Gasteiger partial charge is 0.382 e. The lowest BCUT2D eigenvalue weighted by molar-refractivity contribution is -0.00796. The topological polar surface area (TPSA) is 54.3 Å². The molecule has 0 saturated carbocycles. The minimum Gasteiger partial charge on any atom is -0.382 e. The Morgan fingerprint density at radius 2 is 2.27 bits per heavy atom. The summed E-state index contributed by atoms with van der Waals surface area (Å²) in [5, 5.41) is 8.27. The summed E-state index contributed by atoms with van der Waals surface area (Å²) in [6.45, 7) is 2.95. The van der Waals surface area contributed by atoms with Gasteiger partial charge in [0, 0.05) is 13.2 Å². The van der Waals surface area contributed by atoms with E-state index in [1.165, 1.54) is 0 Å². The number of ether oxygens (including phenoxy) is 1. The summed E-state index contributed by atoms with van der Waals surface area (Å²) in [7, 11) is 1.61. The first kappa shape index (κ1) is 10.4. The van der Waals surface area contributed by atoms with Gasteiger partial charge >= 0.3 is 0 Å². The van der Waals surface area contributed by atoms with Gasteiger partial charge < -0.3 is 4.74 Å². The monoisotopic (exact) mass is 158 g/mol. The van der Waals surface area contributed by atoms with Crippen molar-refractivity contribution in [3.05, 3.63) is 0 Å². The predicted molar refractivity (Wildman–Crippen MR) is 40.7 cm³/mol. The van der Waals surface area contributed by atoms with E-state index in [-0.39, 0.29) is 6.04 Å². The molecule has 64 valence electrons. The summed E-state index contributed by atoms with van der Waals surface area (Å²) in [6.07, 6.45) is 0.451. The summed E-state index contributed by atoms with van der Waals surface area (Å²) in [5.74, 6) is 0. The first-order valence-electron chi connectivity index (χ1n) is 3.54. The van der Waals surface area contributed by atoms with Crippen LogP contribution in [-0.2, 0) is 9.57 Å². The molecule has 0 rings (SSSR count). The number of nitrogens with one attached hydrogen (secondary N) is 1. The second-order valence-corrected chi connectivity index (χ2v) is 2.22. The van der Waals surface area contributed by atoms with Crippen LogP contribution < -0.4 is 5.48 Å². The molecule has 0 aliphatic rings. The van der Waals surface area contributed by atoms with Gasteiger partial charge in [-0.1, -0.05) is 0 Å².